The maximum atomic E-state index is 14.6. The van der Waals surface area contributed by atoms with Crippen LogP contribution in [0.15, 0.2) is 49.6 Å². The molecule has 4 heterocycles. The molecule has 3 aliphatic rings. The van der Waals surface area contributed by atoms with Gasteiger partial charge < -0.3 is 19.8 Å². The zero-order chi connectivity index (χ0) is 28.1. The second-order valence-corrected chi connectivity index (χ2v) is 12.5. The van der Waals surface area contributed by atoms with Crippen molar-refractivity contribution < 1.29 is 19.5 Å². The SMILES string of the molecule is C=CCN(C)C(=O)[C@@H]1[C@H]2C(=O)N([C@H](C)CO)C(C(=O)N(CC=C)Cn3nnc4ccccc43)C23S[C@@H]1CC3C. The van der Waals surface area contributed by atoms with Gasteiger partial charge in [-0.25, -0.2) is 4.68 Å². The first-order valence-corrected chi connectivity index (χ1v) is 14.2. The van der Waals surface area contributed by atoms with E-state index in [0.29, 0.717) is 6.54 Å². The Morgan fingerprint density at radius 2 is 1.97 bits per heavy atom. The predicted octanol–water partition coefficient (Wildman–Crippen LogP) is 1.77. The molecule has 3 aliphatic heterocycles. The molecule has 1 aromatic heterocycles. The van der Waals surface area contributed by atoms with Crippen molar-refractivity contribution in [2.24, 2.45) is 17.8 Å². The smallest absolute Gasteiger partial charge is 0.248 e. The van der Waals surface area contributed by atoms with Gasteiger partial charge in [-0.15, -0.1) is 30.0 Å². The van der Waals surface area contributed by atoms with Gasteiger partial charge in [0.15, 0.2) is 0 Å². The summed E-state index contributed by atoms with van der Waals surface area (Å²) in [4.78, 5) is 47.2. The lowest BCUT2D eigenvalue weighted by atomic mass is 9.65. The fourth-order valence-electron chi connectivity index (χ4n) is 6.85. The monoisotopic (exact) mass is 552 g/mol. The van der Waals surface area contributed by atoms with E-state index < -0.39 is 28.7 Å². The zero-order valence-electron chi connectivity index (χ0n) is 22.6. The summed E-state index contributed by atoms with van der Waals surface area (Å²) in [5.74, 6) is -1.71. The van der Waals surface area contributed by atoms with Crippen LogP contribution in [0.25, 0.3) is 11.0 Å². The molecule has 0 saturated carbocycles. The van der Waals surface area contributed by atoms with Gasteiger partial charge in [0.25, 0.3) is 0 Å². The van der Waals surface area contributed by atoms with Gasteiger partial charge in [0, 0.05) is 25.4 Å². The van der Waals surface area contributed by atoms with Crippen molar-refractivity contribution in [3.63, 3.8) is 0 Å². The number of carbonyl (C=O) groups is 3. The molecule has 3 saturated heterocycles. The van der Waals surface area contributed by atoms with Crippen LogP contribution in [-0.2, 0) is 21.1 Å². The van der Waals surface area contributed by atoms with E-state index in [1.807, 2.05) is 24.3 Å². The number of nitrogens with zero attached hydrogens (tertiary/aromatic N) is 6. The normalized spacial score (nSPS) is 29.9. The Balaban J connectivity index is 1.56. The van der Waals surface area contributed by atoms with Crippen LogP contribution in [0.5, 0.6) is 0 Å². The Kier molecular flexibility index (Phi) is 7.32. The summed E-state index contributed by atoms with van der Waals surface area (Å²) < 4.78 is 0.892. The maximum Gasteiger partial charge on any atom is 0.248 e. The zero-order valence-corrected chi connectivity index (χ0v) is 23.5. The molecular weight excluding hydrogens is 516 g/mol. The first-order valence-electron chi connectivity index (χ1n) is 13.4. The van der Waals surface area contributed by atoms with E-state index in [1.165, 1.54) is 0 Å². The minimum absolute atomic E-state index is 0.0258. The fraction of sp³-hybridized carbons (Fsp3) is 0.536. The van der Waals surface area contributed by atoms with Crippen molar-refractivity contribution in [3.8, 4) is 0 Å². The van der Waals surface area contributed by atoms with E-state index in [9.17, 15) is 19.5 Å². The number of thioether (sulfide) groups is 1. The number of benzene rings is 1. The molecule has 7 atom stereocenters. The Bertz CT molecular complexity index is 1310. The summed E-state index contributed by atoms with van der Waals surface area (Å²) in [6.45, 7) is 11.9. The molecule has 3 fully saturated rings. The molecule has 0 aliphatic carbocycles. The minimum atomic E-state index is -0.834. The highest BCUT2D eigenvalue weighted by Gasteiger charge is 2.76. The van der Waals surface area contributed by atoms with Crippen molar-refractivity contribution in [3.05, 3.63) is 49.6 Å². The van der Waals surface area contributed by atoms with E-state index in [4.69, 9.17) is 0 Å². The van der Waals surface area contributed by atoms with Gasteiger partial charge in [0.2, 0.25) is 17.7 Å². The van der Waals surface area contributed by atoms with Gasteiger partial charge in [-0.05, 0) is 31.4 Å². The molecule has 39 heavy (non-hydrogen) atoms. The van der Waals surface area contributed by atoms with Crippen LogP contribution < -0.4 is 0 Å². The molecular formula is C28H36N6O4S. The van der Waals surface area contributed by atoms with E-state index in [1.54, 1.807) is 57.3 Å². The van der Waals surface area contributed by atoms with E-state index >= 15 is 0 Å². The standard InChI is InChI=1S/C28H36N6O4S/c1-6-12-31(5)25(36)22-21-14-17(3)28(39-21)23(22)26(37)34(18(4)15-35)24(28)27(38)32(13-7-2)16-33-20-11-9-8-10-19(20)29-30-33/h6-11,17-18,21-24,35H,1-2,12-16H2,3-5H3/t17?,18-,21-,22+,23+,24?,28?/m1/s1. The molecule has 11 heteroatoms. The van der Waals surface area contributed by atoms with Crippen molar-refractivity contribution >= 4 is 40.5 Å². The number of amides is 3. The Hall–Kier alpha value is -3.18. The molecule has 1 N–H and O–H groups in total. The van der Waals surface area contributed by atoms with Gasteiger partial charge in [-0.2, -0.15) is 0 Å². The lowest BCUT2D eigenvalue weighted by Crippen LogP contribution is -2.59. The highest BCUT2D eigenvalue weighted by Crippen LogP contribution is 2.69. The molecule has 5 rings (SSSR count). The van der Waals surface area contributed by atoms with Gasteiger partial charge in [-0.3, -0.25) is 14.4 Å². The largest absolute Gasteiger partial charge is 0.394 e. The molecule has 0 radical (unpaired) electrons. The number of para-hydroxylation sites is 1. The van der Waals surface area contributed by atoms with Gasteiger partial charge in [-0.1, -0.05) is 36.4 Å². The van der Waals surface area contributed by atoms with E-state index in [2.05, 4.69) is 30.4 Å². The number of aliphatic hydroxyl groups is 1. The lowest BCUT2D eigenvalue weighted by Gasteiger charge is -2.41. The minimum Gasteiger partial charge on any atom is -0.394 e. The second-order valence-electron chi connectivity index (χ2n) is 10.9. The van der Waals surface area contributed by atoms with Gasteiger partial charge in [0.05, 0.1) is 34.7 Å². The van der Waals surface area contributed by atoms with Crippen LogP contribution in [0.4, 0.5) is 0 Å². The van der Waals surface area contributed by atoms with Crippen molar-refractivity contribution in [2.75, 3.05) is 26.7 Å². The van der Waals surface area contributed by atoms with Gasteiger partial charge in [0.1, 0.15) is 18.2 Å². The molecule has 2 bridgehead atoms. The number of fused-ring (bicyclic) bond motifs is 2. The first kappa shape index (κ1) is 27.4. The quantitative estimate of drug-likeness (QED) is 0.447. The van der Waals surface area contributed by atoms with Crippen LogP contribution in [0.3, 0.4) is 0 Å². The van der Waals surface area contributed by atoms with Crippen molar-refractivity contribution in [2.45, 2.75) is 49.0 Å². The number of hydrogen-bond donors (Lipinski definition) is 1. The number of likely N-dealkylation sites (N-methyl/N-ethyl adjacent to an activating group) is 1. The maximum absolute atomic E-state index is 14.6. The second kappa shape index (κ2) is 10.4. The average Bonchev–Trinajstić information content (AvgIpc) is 3.65. The number of hydrogen-bond acceptors (Lipinski definition) is 7. The van der Waals surface area contributed by atoms with Crippen LogP contribution in [-0.4, -0.2) is 101 Å². The molecule has 208 valence electrons. The fourth-order valence-corrected chi connectivity index (χ4v) is 9.25. The number of carbonyl (C=O) groups excluding carboxylic acids is 3. The molecule has 10 nitrogen and oxygen atoms in total. The number of rotatable bonds is 10. The van der Waals surface area contributed by atoms with Crippen LogP contribution >= 0.6 is 11.8 Å². The third-order valence-electron chi connectivity index (χ3n) is 8.61. The van der Waals surface area contributed by atoms with Crippen molar-refractivity contribution in [1.29, 1.82) is 0 Å². The Morgan fingerprint density at radius 3 is 2.67 bits per heavy atom. The van der Waals surface area contributed by atoms with Crippen LogP contribution in [0.1, 0.15) is 20.3 Å². The summed E-state index contributed by atoms with van der Waals surface area (Å²) in [5, 5.41) is 18.6. The van der Waals surface area contributed by atoms with Crippen LogP contribution in [0, 0.1) is 17.8 Å². The third-order valence-corrected chi connectivity index (χ3v) is 10.7. The molecule has 2 aromatic rings. The third kappa shape index (κ3) is 4.09. The Morgan fingerprint density at radius 1 is 1.26 bits per heavy atom. The lowest BCUT2D eigenvalue weighted by molar-refractivity contribution is -0.147. The first-order chi connectivity index (χ1) is 18.7. The molecule has 3 amide bonds. The summed E-state index contributed by atoms with van der Waals surface area (Å²) in [7, 11) is 1.72. The highest BCUT2D eigenvalue weighted by molar-refractivity contribution is 8.02. The van der Waals surface area contributed by atoms with E-state index in [0.717, 1.165) is 17.5 Å². The van der Waals surface area contributed by atoms with Gasteiger partial charge >= 0.3 is 0 Å². The number of aromatic nitrogens is 3. The van der Waals surface area contributed by atoms with E-state index in [-0.39, 0.29) is 48.7 Å². The summed E-state index contributed by atoms with van der Waals surface area (Å²) in [5.41, 5.74) is 1.51. The summed E-state index contributed by atoms with van der Waals surface area (Å²) in [6.07, 6.45) is 4.07. The van der Waals surface area contributed by atoms with Crippen LogP contribution in [0.2, 0.25) is 0 Å². The number of likely N-dealkylation sites (tertiary alicyclic amines) is 1. The molecule has 1 aromatic carbocycles. The molecule has 3 unspecified atom stereocenters. The average molecular weight is 553 g/mol. The Labute approximate surface area is 232 Å². The predicted molar refractivity (Wildman–Crippen MR) is 149 cm³/mol. The number of aliphatic hydroxyl groups excluding tert-OH is 1. The topological polar surface area (TPSA) is 112 Å². The summed E-state index contributed by atoms with van der Waals surface area (Å²) in [6, 6.07) is 6.11. The molecule has 1 spiro atoms. The highest BCUT2D eigenvalue weighted by atomic mass is 32.2. The van der Waals surface area contributed by atoms with Crippen molar-refractivity contribution in [1.82, 2.24) is 29.7 Å². The summed E-state index contributed by atoms with van der Waals surface area (Å²) >= 11 is 1.62.